The molecule has 0 radical (unpaired) electrons. The van der Waals surface area contributed by atoms with Gasteiger partial charge in [-0.05, 0) is 49.2 Å². The Hall–Kier alpha value is -3.19. The van der Waals surface area contributed by atoms with Gasteiger partial charge in [-0.1, -0.05) is 18.1 Å². The summed E-state index contributed by atoms with van der Waals surface area (Å²) >= 11 is 0. The van der Waals surface area contributed by atoms with E-state index in [-0.39, 0.29) is 12.5 Å². The van der Waals surface area contributed by atoms with Gasteiger partial charge in [-0.3, -0.25) is 9.78 Å². The molecule has 0 saturated heterocycles. The molecule has 2 aromatic heterocycles. The Morgan fingerprint density at radius 3 is 2.91 bits per heavy atom. The number of carbonyl (C=O) groups is 1. The smallest absolute Gasteiger partial charge is 0.252 e. The number of benzene rings is 1. The summed E-state index contributed by atoms with van der Waals surface area (Å²) in [6.07, 6.45) is 1.69. The van der Waals surface area contributed by atoms with E-state index in [4.69, 9.17) is 0 Å². The predicted octanol–water partition coefficient (Wildman–Crippen LogP) is 2.72. The van der Waals surface area contributed by atoms with Crippen molar-refractivity contribution in [2.24, 2.45) is 0 Å². The van der Waals surface area contributed by atoms with Crippen LogP contribution in [0.5, 0.6) is 0 Å². The van der Waals surface area contributed by atoms with Crippen LogP contribution in [0.15, 0.2) is 54.7 Å². The van der Waals surface area contributed by atoms with Gasteiger partial charge in [0.25, 0.3) is 5.91 Å². The Balaban J connectivity index is 1.67. The summed E-state index contributed by atoms with van der Waals surface area (Å²) in [6, 6.07) is 14.9. The first-order valence-corrected chi connectivity index (χ1v) is 7.28. The van der Waals surface area contributed by atoms with Gasteiger partial charge in [0.1, 0.15) is 5.69 Å². The molecule has 0 saturated carbocycles. The van der Waals surface area contributed by atoms with Gasteiger partial charge in [-0.25, -0.2) is 4.98 Å². The summed E-state index contributed by atoms with van der Waals surface area (Å²) < 4.78 is 0. The van der Waals surface area contributed by atoms with Crippen LogP contribution in [0.25, 0.3) is 10.9 Å². The molecule has 0 aliphatic carbocycles. The molecule has 1 aromatic carbocycles. The lowest BCUT2D eigenvalue weighted by Crippen LogP contribution is -2.23. The van der Waals surface area contributed by atoms with E-state index >= 15 is 0 Å². The van der Waals surface area contributed by atoms with E-state index < -0.39 is 0 Å². The quantitative estimate of drug-likeness (QED) is 0.740. The largest absolute Gasteiger partial charge is 0.341 e. The van der Waals surface area contributed by atoms with Gasteiger partial charge in [-0.2, -0.15) is 0 Å². The highest BCUT2D eigenvalue weighted by atomic mass is 16.1. The van der Waals surface area contributed by atoms with E-state index in [1.165, 1.54) is 0 Å². The fraction of sp³-hybridized carbons (Fsp3) is 0.105. The molecule has 0 aliphatic heterocycles. The molecule has 0 bridgehead atoms. The van der Waals surface area contributed by atoms with Crippen LogP contribution in [0.4, 0.5) is 0 Å². The maximum absolute atomic E-state index is 12.2. The second kappa shape index (κ2) is 6.71. The molecule has 0 fully saturated rings. The number of nitrogens with one attached hydrogen (secondary N) is 1. The van der Waals surface area contributed by atoms with Crippen molar-refractivity contribution in [2.75, 3.05) is 6.54 Å². The monoisotopic (exact) mass is 301 g/mol. The summed E-state index contributed by atoms with van der Waals surface area (Å²) in [5.74, 6) is 5.64. The third-order valence-corrected chi connectivity index (χ3v) is 3.31. The fourth-order valence-corrected chi connectivity index (χ4v) is 2.17. The average Bonchev–Trinajstić information content (AvgIpc) is 2.59. The van der Waals surface area contributed by atoms with Gasteiger partial charge >= 0.3 is 0 Å². The lowest BCUT2D eigenvalue weighted by atomic mass is 10.1. The molecule has 3 aromatic rings. The molecule has 3 rings (SSSR count). The Kier molecular flexibility index (Phi) is 4.30. The Morgan fingerprint density at radius 2 is 2.09 bits per heavy atom. The first-order valence-electron chi connectivity index (χ1n) is 7.28. The number of hydrogen-bond donors (Lipinski definition) is 1. The Labute approximate surface area is 134 Å². The third kappa shape index (κ3) is 3.72. The topological polar surface area (TPSA) is 54.9 Å². The van der Waals surface area contributed by atoms with Crippen LogP contribution >= 0.6 is 0 Å². The molecule has 4 nitrogen and oxygen atoms in total. The van der Waals surface area contributed by atoms with Gasteiger partial charge in [0.15, 0.2) is 0 Å². The fourth-order valence-electron chi connectivity index (χ4n) is 2.17. The van der Waals surface area contributed by atoms with Crippen molar-refractivity contribution in [1.29, 1.82) is 0 Å². The standard InChI is InChI=1S/C19H15N3O/c1-14-7-8-15-13-16(9-10-18(15)22-14)19(23)21-12-4-6-17-5-2-3-11-20-17/h2-3,5,7-11,13H,12H2,1H3,(H,21,23). The van der Waals surface area contributed by atoms with Crippen LogP contribution in [0.3, 0.4) is 0 Å². The summed E-state index contributed by atoms with van der Waals surface area (Å²) in [5, 5.41) is 3.73. The number of fused-ring (bicyclic) bond motifs is 1. The van der Waals surface area contributed by atoms with Crippen LogP contribution in [0.1, 0.15) is 21.7 Å². The number of pyridine rings is 2. The van der Waals surface area contributed by atoms with Gasteiger partial charge in [0.05, 0.1) is 12.1 Å². The van der Waals surface area contributed by atoms with Crippen molar-refractivity contribution in [2.45, 2.75) is 6.92 Å². The molecule has 0 spiro atoms. The SMILES string of the molecule is Cc1ccc2cc(C(=O)NCC#Cc3ccccn3)ccc2n1. The maximum Gasteiger partial charge on any atom is 0.252 e. The molecular weight excluding hydrogens is 286 g/mol. The highest BCUT2D eigenvalue weighted by molar-refractivity contribution is 5.98. The van der Waals surface area contributed by atoms with Crippen molar-refractivity contribution < 1.29 is 4.79 Å². The van der Waals surface area contributed by atoms with E-state index in [0.29, 0.717) is 11.3 Å². The summed E-state index contributed by atoms with van der Waals surface area (Å²) in [5.41, 5.74) is 3.13. The van der Waals surface area contributed by atoms with Gasteiger partial charge in [0.2, 0.25) is 0 Å². The third-order valence-electron chi connectivity index (χ3n) is 3.31. The molecule has 4 heteroatoms. The number of amides is 1. The van der Waals surface area contributed by atoms with E-state index in [1.54, 1.807) is 12.3 Å². The lowest BCUT2D eigenvalue weighted by molar-refractivity contribution is 0.0959. The number of aromatic nitrogens is 2. The molecule has 1 amide bonds. The van der Waals surface area contributed by atoms with Crippen molar-refractivity contribution in [3.8, 4) is 11.8 Å². The van der Waals surface area contributed by atoms with Crippen molar-refractivity contribution in [3.05, 3.63) is 71.7 Å². The number of hydrogen-bond acceptors (Lipinski definition) is 3. The number of nitrogens with zero attached hydrogens (tertiary/aromatic N) is 2. The Morgan fingerprint density at radius 1 is 1.17 bits per heavy atom. The van der Waals surface area contributed by atoms with Crippen LogP contribution in [0.2, 0.25) is 0 Å². The first-order chi connectivity index (χ1) is 11.2. The average molecular weight is 301 g/mol. The lowest BCUT2D eigenvalue weighted by Gasteiger charge is -2.04. The minimum absolute atomic E-state index is 0.150. The molecule has 1 N–H and O–H groups in total. The minimum atomic E-state index is -0.150. The molecule has 2 heterocycles. The molecular formula is C19H15N3O. The van der Waals surface area contributed by atoms with E-state index in [1.807, 2.05) is 49.4 Å². The molecule has 0 aliphatic rings. The van der Waals surface area contributed by atoms with Crippen molar-refractivity contribution in [3.63, 3.8) is 0 Å². The van der Waals surface area contributed by atoms with E-state index in [9.17, 15) is 4.79 Å². The zero-order valence-electron chi connectivity index (χ0n) is 12.7. The molecule has 0 atom stereocenters. The van der Waals surface area contributed by atoms with Gasteiger partial charge < -0.3 is 5.32 Å². The van der Waals surface area contributed by atoms with Crippen LogP contribution in [-0.4, -0.2) is 22.4 Å². The van der Waals surface area contributed by atoms with E-state index in [2.05, 4.69) is 27.1 Å². The highest BCUT2D eigenvalue weighted by Crippen LogP contribution is 2.14. The van der Waals surface area contributed by atoms with Crippen LogP contribution in [-0.2, 0) is 0 Å². The maximum atomic E-state index is 12.2. The molecule has 112 valence electrons. The zero-order valence-corrected chi connectivity index (χ0v) is 12.7. The second-order valence-corrected chi connectivity index (χ2v) is 5.06. The van der Waals surface area contributed by atoms with Gasteiger partial charge in [0, 0.05) is 22.8 Å². The second-order valence-electron chi connectivity index (χ2n) is 5.06. The number of rotatable bonds is 2. The first kappa shape index (κ1) is 14.7. The zero-order chi connectivity index (χ0) is 16.1. The number of carbonyl (C=O) groups excluding carboxylic acids is 1. The summed E-state index contributed by atoms with van der Waals surface area (Å²) in [7, 11) is 0. The van der Waals surface area contributed by atoms with Gasteiger partial charge in [-0.15, -0.1) is 0 Å². The van der Waals surface area contributed by atoms with E-state index in [0.717, 1.165) is 16.6 Å². The summed E-state index contributed by atoms with van der Waals surface area (Å²) in [6.45, 7) is 2.22. The predicted molar refractivity (Wildman–Crippen MR) is 89.9 cm³/mol. The number of aryl methyl sites for hydroxylation is 1. The minimum Gasteiger partial charge on any atom is -0.341 e. The van der Waals surface area contributed by atoms with Crippen molar-refractivity contribution >= 4 is 16.8 Å². The van der Waals surface area contributed by atoms with Crippen LogP contribution in [0, 0.1) is 18.8 Å². The normalized spacial score (nSPS) is 9.96. The molecule has 0 unspecified atom stereocenters. The Bertz CT molecular complexity index is 908. The summed E-state index contributed by atoms with van der Waals surface area (Å²) in [4.78, 5) is 20.7. The van der Waals surface area contributed by atoms with Crippen molar-refractivity contribution in [1.82, 2.24) is 15.3 Å². The van der Waals surface area contributed by atoms with Crippen LogP contribution < -0.4 is 5.32 Å². The highest BCUT2D eigenvalue weighted by Gasteiger charge is 2.05. The molecule has 23 heavy (non-hydrogen) atoms.